The molecule has 1 saturated carbocycles. The van der Waals surface area contributed by atoms with Gasteiger partial charge in [0.2, 0.25) is 5.91 Å². The van der Waals surface area contributed by atoms with Crippen molar-refractivity contribution in [1.29, 1.82) is 5.26 Å². The Balaban J connectivity index is 1.88. The largest absolute Gasteiger partial charge is 0.360 e. The third-order valence-electron chi connectivity index (χ3n) is 5.51. The molecule has 0 saturated heterocycles. The van der Waals surface area contributed by atoms with Crippen LogP contribution < -0.4 is 15.5 Å². The highest BCUT2D eigenvalue weighted by Crippen LogP contribution is 2.41. The van der Waals surface area contributed by atoms with Crippen LogP contribution in [0.2, 0.25) is 5.02 Å². The Morgan fingerprint density at radius 3 is 2.47 bits per heavy atom. The highest BCUT2D eigenvalue weighted by molar-refractivity contribution is 6.32. The molecule has 6 nitrogen and oxygen atoms in total. The number of nitrogens with zero attached hydrogens (tertiary/aromatic N) is 2. The lowest BCUT2D eigenvalue weighted by atomic mass is 9.74. The Kier molecular flexibility index (Phi) is 5.94. The average Bonchev–Trinajstić information content (AvgIpc) is 2.70. The number of nitrogens with one attached hydrogen (secondary N) is 2. The third-order valence-corrected chi connectivity index (χ3v) is 5.88. The van der Waals surface area contributed by atoms with Crippen molar-refractivity contribution >= 4 is 34.8 Å². The van der Waals surface area contributed by atoms with Gasteiger partial charge in [-0.05, 0) is 49.6 Å². The second-order valence-corrected chi connectivity index (χ2v) is 7.42. The van der Waals surface area contributed by atoms with E-state index in [4.69, 9.17) is 16.9 Å². The predicted molar refractivity (Wildman–Crippen MR) is 110 cm³/mol. The molecule has 0 heterocycles. The van der Waals surface area contributed by atoms with Crippen LogP contribution in [0, 0.1) is 23.0 Å². The number of hydrogen-bond acceptors (Lipinski definition) is 4. The lowest BCUT2D eigenvalue weighted by Gasteiger charge is -2.48. The van der Waals surface area contributed by atoms with Gasteiger partial charge in [-0.25, -0.2) is 8.78 Å². The highest BCUT2D eigenvalue weighted by Gasteiger charge is 2.48. The van der Waals surface area contributed by atoms with Gasteiger partial charge in [-0.1, -0.05) is 11.6 Å². The monoisotopic (exact) mass is 432 g/mol. The number of nitriles is 1. The van der Waals surface area contributed by atoms with E-state index in [-0.39, 0.29) is 21.8 Å². The van der Waals surface area contributed by atoms with Gasteiger partial charge in [-0.15, -0.1) is 0 Å². The predicted octanol–water partition coefficient (Wildman–Crippen LogP) is 3.85. The first-order valence-electron chi connectivity index (χ1n) is 9.20. The van der Waals surface area contributed by atoms with E-state index < -0.39 is 29.0 Å². The van der Waals surface area contributed by atoms with Gasteiger partial charge in [0.1, 0.15) is 17.4 Å². The summed E-state index contributed by atoms with van der Waals surface area (Å²) in [7, 11) is 3.05. The Morgan fingerprint density at radius 1 is 1.23 bits per heavy atom. The Bertz CT molecular complexity index is 1060. The molecule has 2 aromatic carbocycles. The fraction of sp³-hybridized carbons (Fsp3) is 0.286. The maximum atomic E-state index is 14.5. The number of carbonyl (C=O) groups excluding carboxylic acids is 2. The van der Waals surface area contributed by atoms with E-state index >= 15 is 0 Å². The summed E-state index contributed by atoms with van der Waals surface area (Å²) in [6.07, 6.45) is 1.74. The molecule has 1 aliphatic carbocycles. The number of halogens is 3. The molecule has 0 aliphatic heterocycles. The van der Waals surface area contributed by atoms with E-state index in [0.717, 1.165) is 6.42 Å². The van der Waals surface area contributed by atoms with Crippen LogP contribution in [0.15, 0.2) is 30.3 Å². The number of anilines is 2. The first kappa shape index (κ1) is 21.5. The summed E-state index contributed by atoms with van der Waals surface area (Å²) in [5, 5.41) is 13.5. The van der Waals surface area contributed by atoms with Crippen molar-refractivity contribution in [1.82, 2.24) is 5.32 Å². The molecule has 0 radical (unpaired) electrons. The highest BCUT2D eigenvalue weighted by atomic mass is 35.5. The van der Waals surface area contributed by atoms with E-state index in [0.29, 0.717) is 18.5 Å². The van der Waals surface area contributed by atoms with E-state index in [1.165, 1.54) is 31.3 Å². The maximum absolute atomic E-state index is 14.5. The third kappa shape index (κ3) is 3.57. The standard InChI is InChI=1S/C21H19ClF2N4O2/c1-26-19(29)14-6-5-13(10-15(14)23)28(2)21(8-3-9-21)20(30)27-16-7-4-12(11-25)17(22)18(16)24/h4-7,10H,3,8-9H2,1-2H3,(H,26,29)(H,27,30). The second kappa shape index (κ2) is 8.28. The van der Waals surface area contributed by atoms with Crippen LogP contribution >= 0.6 is 11.6 Å². The van der Waals surface area contributed by atoms with Crippen LogP contribution in [-0.4, -0.2) is 31.4 Å². The van der Waals surface area contributed by atoms with Gasteiger partial charge >= 0.3 is 0 Å². The van der Waals surface area contributed by atoms with Crippen molar-refractivity contribution in [3.63, 3.8) is 0 Å². The van der Waals surface area contributed by atoms with Crippen molar-refractivity contribution in [2.45, 2.75) is 24.8 Å². The normalized spacial score (nSPS) is 14.3. The summed E-state index contributed by atoms with van der Waals surface area (Å²) in [6, 6.07) is 8.48. The molecule has 30 heavy (non-hydrogen) atoms. The molecule has 156 valence electrons. The summed E-state index contributed by atoms with van der Waals surface area (Å²) in [4.78, 5) is 26.4. The van der Waals surface area contributed by atoms with Gasteiger partial charge in [0.05, 0.1) is 21.8 Å². The number of amides is 2. The van der Waals surface area contributed by atoms with E-state index in [9.17, 15) is 18.4 Å². The molecule has 0 atom stereocenters. The zero-order chi connectivity index (χ0) is 22.1. The molecule has 9 heteroatoms. The van der Waals surface area contributed by atoms with Crippen molar-refractivity contribution < 1.29 is 18.4 Å². The number of carbonyl (C=O) groups is 2. The zero-order valence-electron chi connectivity index (χ0n) is 16.4. The van der Waals surface area contributed by atoms with E-state index in [2.05, 4.69) is 10.6 Å². The quantitative estimate of drug-likeness (QED) is 0.751. The minimum absolute atomic E-state index is 0.0330. The van der Waals surface area contributed by atoms with Gasteiger partial charge in [0.15, 0.2) is 5.82 Å². The fourth-order valence-corrected chi connectivity index (χ4v) is 3.68. The number of likely N-dealkylation sites (N-methyl/N-ethyl adjacent to an activating group) is 1. The van der Waals surface area contributed by atoms with Gasteiger partial charge in [0, 0.05) is 19.8 Å². The Hall–Kier alpha value is -3.18. The van der Waals surface area contributed by atoms with Crippen molar-refractivity contribution in [3.8, 4) is 6.07 Å². The lowest BCUT2D eigenvalue weighted by molar-refractivity contribution is -0.124. The molecule has 0 unspecified atom stereocenters. The summed E-state index contributed by atoms with van der Waals surface area (Å²) in [5.74, 6) is -2.61. The van der Waals surface area contributed by atoms with E-state index in [1.807, 2.05) is 0 Å². The van der Waals surface area contributed by atoms with Gasteiger partial charge in [-0.2, -0.15) is 5.26 Å². The van der Waals surface area contributed by atoms with Gasteiger partial charge in [-0.3, -0.25) is 9.59 Å². The summed E-state index contributed by atoms with van der Waals surface area (Å²) < 4.78 is 28.8. The van der Waals surface area contributed by atoms with Gasteiger partial charge < -0.3 is 15.5 Å². The SMILES string of the molecule is CNC(=O)c1ccc(N(C)C2(C(=O)Nc3ccc(C#N)c(Cl)c3F)CCC2)cc1F. The fourth-order valence-electron chi connectivity index (χ4n) is 3.48. The molecule has 0 bridgehead atoms. The minimum atomic E-state index is -1.01. The van der Waals surface area contributed by atoms with E-state index in [1.54, 1.807) is 24.1 Å². The Morgan fingerprint density at radius 2 is 1.93 bits per heavy atom. The number of rotatable bonds is 5. The molecule has 1 aliphatic rings. The molecule has 0 spiro atoms. The van der Waals surface area contributed by atoms with Crippen LogP contribution in [0.4, 0.5) is 20.2 Å². The zero-order valence-corrected chi connectivity index (χ0v) is 17.1. The number of hydrogen-bond donors (Lipinski definition) is 2. The van der Waals surface area contributed by atoms with Crippen molar-refractivity contribution in [3.05, 3.63) is 58.1 Å². The Labute approximate surface area is 177 Å². The smallest absolute Gasteiger partial charge is 0.253 e. The second-order valence-electron chi connectivity index (χ2n) is 7.04. The molecule has 2 amide bonds. The van der Waals surface area contributed by atoms with Crippen LogP contribution in [0.1, 0.15) is 35.2 Å². The summed E-state index contributed by atoms with van der Waals surface area (Å²) in [5.41, 5.74) is -0.864. The molecule has 0 aromatic heterocycles. The average molecular weight is 433 g/mol. The van der Waals surface area contributed by atoms with Gasteiger partial charge in [0.25, 0.3) is 5.91 Å². The van der Waals surface area contributed by atoms with Crippen LogP contribution in [-0.2, 0) is 4.79 Å². The molecule has 3 rings (SSSR count). The first-order chi connectivity index (χ1) is 14.2. The molecule has 2 N–H and O–H groups in total. The van der Waals surface area contributed by atoms with Crippen molar-refractivity contribution in [2.24, 2.45) is 0 Å². The maximum Gasteiger partial charge on any atom is 0.253 e. The molecule has 2 aromatic rings. The van der Waals surface area contributed by atoms with Crippen molar-refractivity contribution in [2.75, 3.05) is 24.3 Å². The number of benzene rings is 2. The van der Waals surface area contributed by atoms with Crippen LogP contribution in [0.5, 0.6) is 0 Å². The minimum Gasteiger partial charge on any atom is -0.360 e. The topological polar surface area (TPSA) is 85.2 Å². The summed E-state index contributed by atoms with van der Waals surface area (Å²) in [6.45, 7) is 0. The lowest BCUT2D eigenvalue weighted by Crippen LogP contribution is -2.60. The molecular weight excluding hydrogens is 414 g/mol. The molecule has 1 fully saturated rings. The van der Waals surface area contributed by atoms with Crippen LogP contribution in [0.25, 0.3) is 0 Å². The summed E-state index contributed by atoms with van der Waals surface area (Å²) >= 11 is 5.84. The van der Waals surface area contributed by atoms with Crippen LogP contribution in [0.3, 0.4) is 0 Å². The first-order valence-corrected chi connectivity index (χ1v) is 9.58. The molecular formula is C21H19ClF2N4O2.